The van der Waals surface area contributed by atoms with Crippen LogP contribution in [-0.2, 0) is 4.79 Å². The van der Waals surface area contributed by atoms with Crippen molar-refractivity contribution >= 4 is 35.0 Å². The third-order valence-electron chi connectivity index (χ3n) is 2.36. The van der Waals surface area contributed by atoms with Gasteiger partial charge in [0.05, 0.1) is 27.4 Å². The van der Waals surface area contributed by atoms with Crippen LogP contribution < -0.4 is 4.74 Å². The molecule has 0 unspecified atom stereocenters. The highest BCUT2D eigenvalue weighted by Gasteiger charge is 2.11. The summed E-state index contributed by atoms with van der Waals surface area (Å²) in [5.41, 5.74) is 0.812. The van der Waals surface area contributed by atoms with E-state index >= 15 is 0 Å². The summed E-state index contributed by atoms with van der Waals surface area (Å²) < 4.78 is 5.56. The molecule has 0 saturated heterocycles. The second-order valence-electron chi connectivity index (χ2n) is 3.68. The maximum Gasteiger partial charge on any atom is 0.240 e. The van der Waals surface area contributed by atoms with Gasteiger partial charge in [-0.2, -0.15) is 10.3 Å². The number of benzene rings is 2. The lowest BCUT2D eigenvalue weighted by Gasteiger charge is -2.10. The van der Waals surface area contributed by atoms with Crippen LogP contribution in [0.5, 0.6) is 11.5 Å². The number of isocyanates is 1. The standard InChI is InChI=1S/C14H6Cl2N2O2/c15-12-5-10(18-8-19)6-13(16)14(12)20-11-3-1-9(7-17)2-4-11/h1-6H. The molecule has 2 rings (SSSR count). The van der Waals surface area contributed by atoms with Crippen molar-refractivity contribution in [1.29, 1.82) is 5.26 Å². The van der Waals surface area contributed by atoms with Crippen molar-refractivity contribution in [2.24, 2.45) is 4.99 Å². The first-order chi connectivity index (χ1) is 9.63. The second kappa shape index (κ2) is 6.23. The summed E-state index contributed by atoms with van der Waals surface area (Å²) in [6.07, 6.45) is 1.41. The fourth-order valence-corrected chi connectivity index (χ4v) is 2.03. The van der Waals surface area contributed by atoms with Gasteiger partial charge in [-0.15, -0.1) is 0 Å². The summed E-state index contributed by atoms with van der Waals surface area (Å²) in [5, 5.41) is 9.15. The molecule has 0 N–H and O–H groups in total. The Morgan fingerprint density at radius 1 is 1.10 bits per heavy atom. The highest BCUT2D eigenvalue weighted by Crippen LogP contribution is 2.39. The Hall–Kier alpha value is -2.31. The Morgan fingerprint density at radius 2 is 1.70 bits per heavy atom. The first-order valence-corrected chi connectivity index (χ1v) is 6.14. The van der Waals surface area contributed by atoms with Crippen LogP contribution in [0.25, 0.3) is 0 Å². The zero-order chi connectivity index (χ0) is 14.5. The molecule has 0 amide bonds. The summed E-state index contributed by atoms with van der Waals surface area (Å²) in [6.45, 7) is 0. The number of nitrogens with zero attached hydrogens (tertiary/aromatic N) is 2. The highest BCUT2D eigenvalue weighted by atomic mass is 35.5. The molecular formula is C14H6Cl2N2O2. The van der Waals surface area contributed by atoms with E-state index < -0.39 is 0 Å². The van der Waals surface area contributed by atoms with Gasteiger partial charge in [-0.25, -0.2) is 4.79 Å². The predicted octanol–water partition coefficient (Wildman–Crippen LogP) is 4.62. The van der Waals surface area contributed by atoms with E-state index in [1.807, 2.05) is 6.07 Å². The number of ether oxygens (including phenoxy) is 1. The van der Waals surface area contributed by atoms with Gasteiger partial charge in [-0.1, -0.05) is 23.2 Å². The smallest absolute Gasteiger partial charge is 0.240 e. The van der Waals surface area contributed by atoms with Crippen molar-refractivity contribution in [1.82, 2.24) is 0 Å². The van der Waals surface area contributed by atoms with Crippen molar-refractivity contribution < 1.29 is 9.53 Å². The predicted molar refractivity (Wildman–Crippen MR) is 75.5 cm³/mol. The van der Waals surface area contributed by atoms with Crippen LogP contribution >= 0.6 is 23.2 Å². The van der Waals surface area contributed by atoms with Crippen molar-refractivity contribution in [2.75, 3.05) is 0 Å². The van der Waals surface area contributed by atoms with Gasteiger partial charge in [0.15, 0.2) is 5.75 Å². The fourth-order valence-electron chi connectivity index (χ4n) is 1.48. The van der Waals surface area contributed by atoms with E-state index in [4.69, 9.17) is 33.2 Å². The summed E-state index contributed by atoms with van der Waals surface area (Å²) in [4.78, 5) is 13.6. The van der Waals surface area contributed by atoms with Gasteiger partial charge in [0, 0.05) is 0 Å². The zero-order valence-electron chi connectivity index (χ0n) is 9.93. The molecule has 0 aliphatic carbocycles. The van der Waals surface area contributed by atoms with E-state index in [1.54, 1.807) is 24.3 Å². The number of nitriles is 1. The number of hydrogen-bond donors (Lipinski definition) is 0. The Balaban J connectivity index is 2.33. The molecule has 0 radical (unpaired) electrons. The fraction of sp³-hybridized carbons (Fsp3) is 0. The lowest BCUT2D eigenvalue weighted by atomic mass is 10.2. The molecule has 2 aromatic rings. The molecule has 0 heterocycles. The first-order valence-electron chi connectivity index (χ1n) is 5.39. The summed E-state index contributed by atoms with van der Waals surface area (Å²) in [5.74, 6) is 0.738. The van der Waals surface area contributed by atoms with Gasteiger partial charge in [0.1, 0.15) is 5.75 Å². The van der Waals surface area contributed by atoms with Gasteiger partial charge in [0.25, 0.3) is 0 Å². The maximum atomic E-state index is 10.2. The number of aliphatic imine (C=N–C) groups is 1. The highest BCUT2D eigenvalue weighted by molar-refractivity contribution is 6.37. The van der Waals surface area contributed by atoms with Crippen LogP contribution in [0, 0.1) is 11.3 Å². The molecule has 6 heteroatoms. The lowest BCUT2D eigenvalue weighted by molar-refractivity contribution is 0.483. The van der Waals surface area contributed by atoms with Gasteiger partial charge < -0.3 is 4.74 Å². The van der Waals surface area contributed by atoms with Crippen LogP contribution in [0.3, 0.4) is 0 Å². The van der Waals surface area contributed by atoms with E-state index in [9.17, 15) is 4.79 Å². The van der Waals surface area contributed by atoms with Crippen LogP contribution in [0.2, 0.25) is 10.0 Å². The van der Waals surface area contributed by atoms with Crippen LogP contribution in [0.4, 0.5) is 5.69 Å². The van der Waals surface area contributed by atoms with Crippen molar-refractivity contribution in [2.45, 2.75) is 0 Å². The molecule has 0 fully saturated rings. The van der Waals surface area contributed by atoms with E-state index in [1.165, 1.54) is 18.2 Å². The average molecular weight is 305 g/mol. The average Bonchev–Trinajstić information content (AvgIpc) is 2.44. The molecule has 0 aromatic heterocycles. The minimum absolute atomic E-state index is 0.218. The van der Waals surface area contributed by atoms with Gasteiger partial charge in [0.2, 0.25) is 6.08 Å². The molecule has 0 aliphatic rings. The van der Waals surface area contributed by atoms with E-state index in [0.29, 0.717) is 17.0 Å². The Labute approximate surface area is 124 Å². The van der Waals surface area contributed by atoms with Crippen molar-refractivity contribution in [3.8, 4) is 17.6 Å². The van der Waals surface area contributed by atoms with Crippen molar-refractivity contribution in [3.05, 3.63) is 52.0 Å². The summed E-state index contributed by atoms with van der Waals surface area (Å²) >= 11 is 12.1. The van der Waals surface area contributed by atoms with Crippen molar-refractivity contribution in [3.63, 3.8) is 0 Å². The molecule has 0 atom stereocenters. The SMILES string of the molecule is N#Cc1ccc(Oc2c(Cl)cc(N=C=O)cc2Cl)cc1. The van der Waals surface area contributed by atoms with Gasteiger partial charge in [-0.05, 0) is 36.4 Å². The number of halogens is 2. The molecule has 0 bridgehead atoms. The number of rotatable bonds is 3. The normalized spacial score (nSPS) is 9.45. The molecule has 4 nitrogen and oxygen atoms in total. The van der Waals surface area contributed by atoms with Gasteiger partial charge >= 0.3 is 0 Å². The Kier molecular flexibility index (Phi) is 4.39. The lowest BCUT2D eigenvalue weighted by Crippen LogP contribution is -1.87. The third-order valence-corrected chi connectivity index (χ3v) is 2.92. The minimum Gasteiger partial charge on any atom is -0.454 e. The molecular weight excluding hydrogens is 299 g/mol. The van der Waals surface area contributed by atoms with E-state index in [-0.39, 0.29) is 15.8 Å². The quantitative estimate of drug-likeness (QED) is 0.613. The minimum atomic E-state index is 0.218. The first kappa shape index (κ1) is 14.1. The maximum absolute atomic E-state index is 10.2. The largest absolute Gasteiger partial charge is 0.454 e. The summed E-state index contributed by atoms with van der Waals surface area (Å²) in [7, 11) is 0. The monoisotopic (exact) mass is 304 g/mol. The van der Waals surface area contributed by atoms with Crippen LogP contribution in [-0.4, -0.2) is 6.08 Å². The molecule has 0 aliphatic heterocycles. The second-order valence-corrected chi connectivity index (χ2v) is 4.49. The van der Waals surface area contributed by atoms with E-state index in [0.717, 1.165) is 0 Å². The molecule has 0 spiro atoms. The number of hydrogen-bond acceptors (Lipinski definition) is 4. The topological polar surface area (TPSA) is 62.4 Å². The molecule has 98 valence electrons. The summed E-state index contributed by atoms with van der Waals surface area (Å²) in [6, 6.07) is 11.4. The van der Waals surface area contributed by atoms with Gasteiger partial charge in [-0.3, -0.25) is 0 Å². The number of carbonyl (C=O) groups excluding carboxylic acids is 1. The zero-order valence-corrected chi connectivity index (χ0v) is 11.4. The molecule has 0 saturated carbocycles. The molecule has 20 heavy (non-hydrogen) atoms. The van der Waals surface area contributed by atoms with Crippen LogP contribution in [0.15, 0.2) is 41.4 Å². The molecule has 2 aromatic carbocycles. The van der Waals surface area contributed by atoms with E-state index in [2.05, 4.69) is 4.99 Å². The Bertz CT molecular complexity index is 707. The Morgan fingerprint density at radius 3 is 2.20 bits per heavy atom. The van der Waals surface area contributed by atoms with Crippen LogP contribution in [0.1, 0.15) is 5.56 Å². The third kappa shape index (κ3) is 3.17.